The quantitative estimate of drug-likeness (QED) is 0.572. The van der Waals surface area contributed by atoms with E-state index in [1.54, 1.807) is 0 Å². The number of hydrogen-bond donors (Lipinski definition) is 0. The van der Waals surface area contributed by atoms with Crippen LogP contribution in [0.5, 0.6) is 0 Å². The van der Waals surface area contributed by atoms with E-state index < -0.39 is 0 Å². The van der Waals surface area contributed by atoms with Crippen LogP contribution in [0.2, 0.25) is 0 Å². The summed E-state index contributed by atoms with van der Waals surface area (Å²) in [6, 6.07) is 6.61. The van der Waals surface area contributed by atoms with Gasteiger partial charge in [0.2, 0.25) is 0 Å². The first-order valence-corrected chi connectivity index (χ1v) is 6.63. The van der Waals surface area contributed by atoms with Crippen LogP contribution >= 0.6 is 0 Å². The van der Waals surface area contributed by atoms with Crippen molar-refractivity contribution < 1.29 is 0 Å². The maximum Gasteiger partial charge on any atom is -0.0305 e. The van der Waals surface area contributed by atoms with E-state index in [1.807, 2.05) is 0 Å². The summed E-state index contributed by atoms with van der Waals surface area (Å²) in [4.78, 5) is 0. The molecule has 94 valence electrons. The smallest absolute Gasteiger partial charge is 0.0305 e. The predicted octanol–water partition coefficient (Wildman–Crippen LogP) is 5.70. The second-order valence-electron chi connectivity index (χ2n) is 4.20. The number of aryl methyl sites for hydroxylation is 3. The second kappa shape index (κ2) is 12.3. The van der Waals surface area contributed by atoms with Gasteiger partial charge in [-0.2, -0.15) is 0 Å². The molecule has 1 rings (SSSR count). The average molecular weight is 222 g/mol. The molecule has 0 heteroatoms. The van der Waals surface area contributed by atoms with Gasteiger partial charge in [0.25, 0.3) is 0 Å². The zero-order valence-electron chi connectivity index (χ0n) is 12.4. The molecule has 1 aromatic rings. The standard InChI is InChI=1S/C10H14.2C3H8/c1-4-10-7-8(2)5-6-9(10)3;2*1-3-2/h5-7H,4H2,1-3H3;2*3H2,1-2H3. The number of rotatable bonds is 1. The third-order valence-electron chi connectivity index (χ3n) is 1.89. The SMILES string of the molecule is CCC.CCC.CCc1cc(C)ccc1C. The summed E-state index contributed by atoms with van der Waals surface area (Å²) < 4.78 is 0. The molecule has 0 amide bonds. The molecule has 0 bridgehead atoms. The van der Waals surface area contributed by atoms with Crippen LogP contribution in [0.1, 0.15) is 64.2 Å². The second-order valence-corrected chi connectivity index (χ2v) is 4.20. The molecule has 0 aromatic heterocycles. The molecule has 0 aliphatic carbocycles. The van der Waals surface area contributed by atoms with Crippen LogP contribution in [-0.4, -0.2) is 0 Å². The van der Waals surface area contributed by atoms with E-state index in [0.29, 0.717) is 0 Å². The molecule has 1 aromatic carbocycles. The Balaban J connectivity index is 0. The van der Waals surface area contributed by atoms with Crippen LogP contribution in [0.4, 0.5) is 0 Å². The largest absolute Gasteiger partial charge is 0.0656 e. The van der Waals surface area contributed by atoms with Crippen molar-refractivity contribution in [3.63, 3.8) is 0 Å². The first-order valence-electron chi connectivity index (χ1n) is 6.63. The van der Waals surface area contributed by atoms with Gasteiger partial charge in [0.1, 0.15) is 0 Å². The topological polar surface area (TPSA) is 0 Å². The molecule has 0 saturated heterocycles. The van der Waals surface area contributed by atoms with Crippen molar-refractivity contribution in [2.24, 2.45) is 0 Å². The van der Waals surface area contributed by atoms with Crippen molar-refractivity contribution in [2.75, 3.05) is 0 Å². The number of hydrogen-bond acceptors (Lipinski definition) is 0. The van der Waals surface area contributed by atoms with Gasteiger partial charge in [0.15, 0.2) is 0 Å². The summed E-state index contributed by atoms with van der Waals surface area (Å²) >= 11 is 0. The zero-order chi connectivity index (χ0) is 13.0. The van der Waals surface area contributed by atoms with Crippen LogP contribution in [0.3, 0.4) is 0 Å². The summed E-state index contributed by atoms with van der Waals surface area (Å²) in [6.07, 6.45) is 3.65. The van der Waals surface area contributed by atoms with Gasteiger partial charge in [-0.15, -0.1) is 0 Å². The Kier molecular flexibility index (Phi) is 13.5. The Bertz CT molecular complexity index is 246. The minimum atomic E-state index is 1.15. The Morgan fingerprint density at radius 2 is 1.25 bits per heavy atom. The van der Waals surface area contributed by atoms with E-state index in [9.17, 15) is 0 Å². The molecule has 0 aliphatic rings. The molecule has 0 spiro atoms. The Morgan fingerprint density at radius 1 is 0.812 bits per heavy atom. The lowest BCUT2D eigenvalue weighted by atomic mass is 10.0. The fourth-order valence-electron chi connectivity index (χ4n) is 1.18. The summed E-state index contributed by atoms with van der Waals surface area (Å²) in [5, 5.41) is 0. The van der Waals surface area contributed by atoms with Gasteiger partial charge in [0, 0.05) is 0 Å². The third kappa shape index (κ3) is 9.76. The van der Waals surface area contributed by atoms with Gasteiger partial charge < -0.3 is 0 Å². The van der Waals surface area contributed by atoms with Crippen LogP contribution in [0, 0.1) is 13.8 Å². The Morgan fingerprint density at radius 3 is 1.56 bits per heavy atom. The molecule has 0 nitrogen and oxygen atoms in total. The van der Waals surface area contributed by atoms with E-state index in [1.165, 1.54) is 29.5 Å². The molecule has 0 atom stereocenters. The van der Waals surface area contributed by atoms with E-state index in [2.05, 4.69) is 66.7 Å². The van der Waals surface area contributed by atoms with E-state index >= 15 is 0 Å². The molecule has 0 radical (unpaired) electrons. The lowest BCUT2D eigenvalue weighted by molar-refractivity contribution is 1.09. The number of benzene rings is 1. The van der Waals surface area contributed by atoms with Crippen LogP contribution < -0.4 is 0 Å². The molecule has 0 heterocycles. The molecule has 0 saturated carbocycles. The van der Waals surface area contributed by atoms with Gasteiger partial charge >= 0.3 is 0 Å². The zero-order valence-corrected chi connectivity index (χ0v) is 12.4. The molecular formula is C16H30. The first-order chi connectivity index (χ1) is 7.56. The maximum atomic E-state index is 2.26. The molecule has 0 aliphatic heterocycles. The molecular weight excluding hydrogens is 192 g/mol. The summed E-state index contributed by atoms with van der Waals surface area (Å²) in [6.45, 7) is 15.0. The van der Waals surface area contributed by atoms with Crippen molar-refractivity contribution >= 4 is 0 Å². The van der Waals surface area contributed by atoms with Crippen molar-refractivity contribution in [1.82, 2.24) is 0 Å². The normalized spacial score (nSPS) is 8.44. The monoisotopic (exact) mass is 222 g/mol. The highest BCUT2D eigenvalue weighted by atomic mass is 14.0. The third-order valence-corrected chi connectivity index (χ3v) is 1.89. The maximum absolute atomic E-state index is 2.26. The molecule has 16 heavy (non-hydrogen) atoms. The lowest BCUT2D eigenvalue weighted by Crippen LogP contribution is -1.86. The van der Waals surface area contributed by atoms with Crippen molar-refractivity contribution in [3.8, 4) is 0 Å². The van der Waals surface area contributed by atoms with Crippen LogP contribution in [0.25, 0.3) is 0 Å². The minimum Gasteiger partial charge on any atom is -0.0656 e. The fourth-order valence-corrected chi connectivity index (χ4v) is 1.18. The summed E-state index contributed by atoms with van der Waals surface area (Å²) in [5.74, 6) is 0. The molecule has 0 unspecified atom stereocenters. The van der Waals surface area contributed by atoms with Gasteiger partial charge in [-0.05, 0) is 31.4 Å². The van der Waals surface area contributed by atoms with Crippen LogP contribution in [0.15, 0.2) is 18.2 Å². The first kappa shape index (κ1) is 17.6. The van der Waals surface area contributed by atoms with Gasteiger partial charge in [-0.25, -0.2) is 0 Å². The van der Waals surface area contributed by atoms with Gasteiger partial charge in [0.05, 0.1) is 0 Å². The predicted molar refractivity (Wildman–Crippen MR) is 77.2 cm³/mol. The van der Waals surface area contributed by atoms with Crippen molar-refractivity contribution in [2.45, 2.75) is 67.7 Å². The van der Waals surface area contributed by atoms with E-state index in [-0.39, 0.29) is 0 Å². The summed E-state index contributed by atoms with van der Waals surface area (Å²) in [7, 11) is 0. The van der Waals surface area contributed by atoms with Gasteiger partial charge in [-0.3, -0.25) is 0 Å². The lowest BCUT2D eigenvalue weighted by Gasteiger charge is -2.02. The van der Waals surface area contributed by atoms with Gasteiger partial charge in [-0.1, -0.05) is 71.2 Å². The van der Waals surface area contributed by atoms with Crippen LogP contribution in [-0.2, 0) is 6.42 Å². The fraction of sp³-hybridized carbons (Fsp3) is 0.625. The van der Waals surface area contributed by atoms with E-state index in [0.717, 1.165) is 6.42 Å². The average Bonchev–Trinajstić information content (AvgIpc) is 2.24. The Hall–Kier alpha value is -0.780. The summed E-state index contributed by atoms with van der Waals surface area (Å²) in [5.41, 5.74) is 4.25. The van der Waals surface area contributed by atoms with Crippen molar-refractivity contribution in [1.29, 1.82) is 0 Å². The minimum absolute atomic E-state index is 1.15. The highest BCUT2D eigenvalue weighted by Gasteiger charge is 1.93. The molecule has 0 fully saturated rings. The Labute approximate surface area is 103 Å². The highest BCUT2D eigenvalue weighted by molar-refractivity contribution is 5.30. The highest BCUT2D eigenvalue weighted by Crippen LogP contribution is 2.10. The van der Waals surface area contributed by atoms with E-state index in [4.69, 9.17) is 0 Å². The van der Waals surface area contributed by atoms with Crippen molar-refractivity contribution in [3.05, 3.63) is 34.9 Å². The molecule has 0 N–H and O–H groups in total.